The lowest BCUT2D eigenvalue weighted by molar-refractivity contribution is -0.142. The van der Waals surface area contributed by atoms with E-state index in [1.54, 1.807) is 12.1 Å². The van der Waals surface area contributed by atoms with E-state index in [-0.39, 0.29) is 12.2 Å². The smallest absolute Gasteiger partial charge is 0.322 e. The van der Waals surface area contributed by atoms with Crippen LogP contribution in [0.1, 0.15) is 11.1 Å². The fraction of sp³-hybridized carbons (Fsp3) is 0.364. The number of ether oxygens (including phenoxy) is 1. The Morgan fingerprint density at radius 2 is 2.27 bits per heavy atom. The molecule has 1 aromatic rings. The Bertz CT molecular complexity index is 363. The standard InChI is InChI=1S/C11H15NO3/c1-7-3-4-8(10(13)5-7)6-9(12)11(14)15-2/h3-5,9,13H,6,12H2,1-2H3/t9-/m0/s1. The zero-order valence-electron chi connectivity index (χ0n) is 8.86. The van der Waals surface area contributed by atoms with Crippen LogP contribution in [0.3, 0.4) is 0 Å². The number of nitrogens with two attached hydrogens (primary N) is 1. The minimum Gasteiger partial charge on any atom is -0.508 e. The Kier molecular flexibility index (Phi) is 3.68. The fourth-order valence-corrected chi connectivity index (χ4v) is 1.32. The number of carbonyl (C=O) groups is 1. The van der Waals surface area contributed by atoms with Crippen LogP contribution in [-0.2, 0) is 16.0 Å². The molecule has 0 unspecified atom stereocenters. The Balaban J connectivity index is 2.76. The quantitative estimate of drug-likeness (QED) is 0.720. The molecule has 1 atom stereocenters. The van der Waals surface area contributed by atoms with Gasteiger partial charge in [0.15, 0.2) is 0 Å². The van der Waals surface area contributed by atoms with Gasteiger partial charge in [0, 0.05) is 6.42 Å². The highest BCUT2D eigenvalue weighted by Crippen LogP contribution is 2.19. The average Bonchev–Trinajstić information content (AvgIpc) is 2.20. The van der Waals surface area contributed by atoms with Crippen LogP contribution in [0.5, 0.6) is 5.75 Å². The molecule has 3 N–H and O–H groups in total. The van der Waals surface area contributed by atoms with Crippen LogP contribution in [0.4, 0.5) is 0 Å². The SMILES string of the molecule is COC(=O)[C@@H](N)Cc1ccc(C)cc1O. The summed E-state index contributed by atoms with van der Waals surface area (Å²) in [5, 5.41) is 9.59. The van der Waals surface area contributed by atoms with Crippen LogP contribution in [0, 0.1) is 6.92 Å². The van der Waals surface area contributed by atoms with E-state index in [0.717, 1.165) is 5.56 Å². The van der Waals surface area contributed by atoms with Crippen molar-refractivity contribution in [2.45, 2.75) is 19.4 Å². The molecule has 0 bridgehead atoms. The first-order valence-electron chi connectivity index (χ1n) is 4.66. The van der Waals surface area contributed by atoms with Crippen molar-refractivity contribution in [3.05, 3.63) is 29.3 Å². The monoisotopic (exact) mass is 209 g/mol. The van der Waals surface area contributed by atoms with E-state index in [0.29, 0.717) is 5.56 Å². The summed E-state index contributed by atoms with van der Waals surface area (Å²) in [4.78, 5) is 11.1. The molecule has 0 saturated heterocycles. The zero-order valence-corrected chi connectivity index (χ0v) is 8.86. The number of methoxy groups -OCH3 is 1. The van der Waals surface area contributed by atoms with E-state index in [1.807, 2.05) is 13.0 Å². The number of phenolic OH excluding ortho intramolecular Hbond substituents is 1. The highest BCUT2D eigenvalue weighted by atomic mass is 16.5. The summed E-state index contributed by atoms with van der Waals surface area (Å²) >= 11 is 0. The molecular weight excluding hydrogens is 194 g/mol. The van der Waals surface area contributed by atoms with Crippen LogP contribution in [0.2, 0.25) is 0 Å². The molecule has 4 nitrogen and oxygen atoms in total. The van der Waals surface area contributed by atoms with Gasteiger partial charge in [0.2, 0.25) is 0 Å². The van der Waals surface area contributed by atoms with Crippen molar-refractivity contribution in [1.82, 2.24) is 0 Å². The van der Waals surface area contributed by atoms with Crippen molar-refractivity contribution in [3.63, 3.8) is 0 Å². The molecule has 0 amide bonds. The van der Waals surface area contributed by atoms with Crippen LogP contribution in [0.25, 0.3) is 0 Å². The third-order valence-electron chi connectivity index (χ3n) is 2.18. The largest absolute Gasteiger partial charge is 0.508 e. The lowest BCUT2D eigenvalue weighted by Gasteiger charge is -2.10. The second kappa shape index (κ2) is 4.79. The molecule has 0 heterocycles. The molecule has 1 rings (SSSR count). The summed E-state index contributed by atoms with van der Waals surface area (Å²) in [6, 6.07) is 4.52. The average molecular weight is 209 g/mol. The van der Waals surface area contributed by atoms with E-state index >= 15 is 0 Å². The number of aryl methyl sites for hydroxylation is 1. The molecule has 0 spiro atoms. The predicted molar refractivity (Wildman–Crippen MR) is 56.5 cm³/mol. The lowest BCUT2D eigenvalue weighted by Crippen LogP contribution is -2.33. The van der Waals surface area contributed by atoms with Gasteiger partial charge >= 0.3 is 5.97 Å². The Labute approximate surface area is 88.7 Å². The van der Waals surface area contributed by atoms with Crippen molar-refractivity contribution >= 4 is 5.97 Å². The number of aromatic hydroxyl groups is 1. The molecule has 82 valence electrons. The van der Waals surface area contributed by atoms with Crippen LogP contribution in [0.15, 0.2) is 18.2 Å². The molecule has 15 heavy (non-hydrogen) atoms. The van der Waals surface area contributed by atoms with Crippen molar-refractivity contribution in [3.8, 4) is 5.75 Å². The molecule has 0 fully saturated rings. The van der Waals surface area contributed by atoms with Gasteiger partial charge in [0.1, 0.15) is 11.8 Å². The molecule has 0 radical (unpaired) electrons. The minimum atomic E-state index is -0.733. The van der Waals surface area contributed by atoms with E-state index in [4.69, 9.17) is 5.73 Å². The van der Waals surface area contributed by atoms with Gasteiger partial charge in [-0.2, -0.15) is 0 Å². The first-order valence-corrected chi connectivity index (χ1v) is 4.66. The van der Waals surface area contributed by atoms with Gasteiger partial charge in [0.05, 0.1) is 7.11 Å². The van der Waals surface area contributed by atoms with Gasteiger partial charge in [-0.3, -0.25) is 4.79 Å². The van der Waals surface area contributed by atoms with E-state index < -0.39 is 12.0 Å². The predicted octanol–water partition coefficient (Wildman–Crippen LogP) is 0.743. The van der Waals surface area contributed by atoms with Crippen LogP contribution in [-0.4, -0.2) is 24.2 Å². The summed E-state index contributed by atoms with van der Waals surface area (Å²) in [5.74, 6) is -0.315. The normalized spacial score (nSPS) is 12.2. The summed E-state index contributed by atoms with van der Waals surface area (Å²) in [6.45, 7) is 1.88. The molecule has 1 aromatic carbocycles. The summed E-state index contributed by atoms with van der Waals surface area (Å²) in [6.07, 6.45) is 0.277. The topological polar surface area (TPSA) is 72.5 Å². The Morgan fingerprint density at radius 3 is 2.80 bits per heavy atom. The third kappa shape index (κ3) is 2.95. The molecule has 4 heteroatoms. The van der Waals surface area contributed by atoms with Gasteiger partial charge < -0.3 is 15.6 Å². The molecule has 0 aromatic heterocycles. The summed E-state index contributed by atoms with van der Waals surface area (Å²) in [5.41, 5.74) is 7.19. The maximum absolute atomic E-state index is 11.1. The second-order valence-corrected chi connectivity index (χ2v) is 3.47. The summed E-state index contributed by atoms with van der Waals surface area (Å²) < 4.78 is 4.50. The highest BCUT2D eigenvalue weighted by Gasteiger charge is 2.15. The summed E-state index contributed by atoms with van der Waals surface area (Å²) in [7, 11) is 1.29. The van der Waals surface area contributed by atoms with E-state index in [1.165, 1.54) is 7.11 Å². The first kappa shape index (κ1) is 11.5. The number of hydrogen-bond acceptors (Lipinski definition) is 4. The van der Waals surface area contributed by atoms with Gasteiger partial charge in [-0.1, -0.05) is 12.1 Å². The van der Waals surface area contributed by atoms with Gasteiger partial charge in [-0.15, -0.1) is 0 Å². The fourth-order valence-electron chi connectivity index (χ4n) is 1.32. The lowest BCUT2D eigenvalue weighted by atomic mass is 10.0. The van der Waals surface area contributed by atoms with Gasteiger partial charge in [-0.25, -0.2) is 0 Å². The van der Waals surface area contributed by atoms with Crippen molar-refractivity contribution < 1.29 is 14.6 Å². The maximum atomic E-state index is 11.1. The van der Waals surface area contributed by atoms with Gasteiger partial charge in [0.25, 0.3) is 0 Å². The van der Waals surface area contributed by atoms with E-state index in [2.05, 4.69) is 4.74 Å². The molecular formula is C11H15NO3. The molecule has 0 saturated carbocycles. The number of esters is 1. The zero-order chi connectivity index (χ0) is 11.4. The van der Waals surface area contributed by atoms with E-state index in [9.17, 15) is 9.90 Å². The molecule has 0 aliphatic rings. The van der Waals surface area contributed by atoms with Crippen molar-refractivity contribution in [2.75, 3.05) is 7.11 Å². The first-order chi connectivity index (χ1) is 7.04. The highest BCUT2D eigenvalue weighted by molar-refractivity contribution is 5.75. The maximum Gasteiger partial charge on any atom is 0.322 e. The molecule has 0 aliphatic carbocycles. The molecule has 0 aliphatic heterocycles. The van der Waals surface area contributed by atoms with Crippen molar-refractivity contribution in [2.24, 2.45) is 5.73 Å². The van der Waals surface area contributed by atoms with Gasteiger partial charge in [-0.05, 0) is 24.1 Å². The number of carbonyl (C=O) groups excluding carboxylic acids is 1. The number of hydrogen-bond donors (Lipinski definition) is 2. The van der Waals surface area contributed by atoms with Crippen LogP contribution < -0.4 is 5.73 Å². The number of phenols is 1. The third-order valence-corrected chi connectivity index (χ3v) is 2.18. The Hall–Kier alpha value is -1.55. The number of rotatable bonds is 3. The van der Waals surface area contributed by atoms with Crippen LogP contribution >= 0.6 is 0 Å². The second-order valence-electron chi connectivity index (χ2n) is 3.47. The van der Waals surface area contributed by atoms with Crippen molar-refractivity contribution in [1.29, 1.82) is 0 Å². The Morgan fingerprint density at radius 1 is 1.60 bits per heavy atom. The minimum absolute atomic E-state index is 0.161. The number of benzene rings is 1.